The smallest absolute Gasteiger partial charge is 0.328 e. The number of hydrogen-bond acceptors (Lipinski definition) is 2. The lowest BCUT2D eigenvalue weighted by molar-refractivity contribution is -0.131. The normalized spacial score (nSPS) is 11.3. The summed E-state index contributed by atoms with van der Waals surface area (Å²) in [6, 6.07) is 6.04. The number of carbonyl (C=O) groups is 1. The van der Waals surface area contributed by atoms with Gasteiger partial charge in [-0.1, -0.05) is 12.1 Å². The van der Waals surface area contributed by atoms with Gasteiger partial charge in [-0.25, -0.2) is 4.79 Å². The molecule has 0 saturated heterocycles. The molecule has 0 aliphatic carbocycles. The van der Waals surface area contributed by atoms with E-state index in [1.165, 1.54) is 17.2 Å². The first-order valence-corrected chi connectivity index (χ1v) is 5.21. The van der Waals surface area contributed by atoms with Crippen LogP contribution in [0, 0.1) is 13.8 Å². The van der Waals surface area contributed by atoms with Gasteiger partial charge in [0.05, 0.1) is 0 Å². The van der Waals surface area contributed by atoms with Crippen molar-refractivity contribution in [2.75, 3.05) is 11.9 Å². The van der Waals surface area contributed by atoms with Crippen molar-refractivity contribution in [1.82, 2.24) is 0 Å². The third-order valence-corrected chi connectivity index (χ3v) is 2.53. The van der Waals surface area contributed by atoms with Gasteiger partial charge in [-0.2, -0.15) is 0 Å². The summed E-state index contributed by atoms with van der Waals surface area (Å²) < 4.78 is 0. The predicted molar refractivity (Wildman–Crippen MR) is 65.8 cm³/mol. The van der Waals surface area contributed by atoms with Gasteiger partial charge in [0.1, 0.15) is 0 Å². The van der Waals surface area contributed by atoms with E-state index in [0.717, 1.165) is 11.3 Å². The molecule has 0 bridgehead atoms. The summed E-state index contributed by atoms with van der Waals surface area (Å²) in [5.74, 6) is -0.903. The topological polar surface area (TPSA) is 49.3 Å². The fraction of sp³-hybridized carbons (Fsp3) is 0.308. The van der Waals surface area contributed by atoms with E-state index in [2.05, 4.69) is 18.3 Å². The number of aliphatic carboxylic acids is 1. The summed E-state index contributed by atoms with van der Waals surface area (Å²) >= 11 is 0. The molecule has 0 aliphatic rings. The highest BCUT2D eigenvalue weighted by Crippen LogP contribution is 2.17. The van der Waals surface area contributed by atoms with Crippen LogP contribution in [0.15, 0.2) is 29.8 Å². The lowest BCUT2D eigenvalue weighted by Gasteiger charge is -2.11. The van der Waals surface area contributed by atoms with Crippen LogP contribution in [0.3, 0.4) is 0 Å². The molecule has 3 heteroatoms. The van der Waals surface area contributed by atoms with Gasteiger partial charge in [-0.05, 0) is 43.5 Å². The Balaban J connectivity index is 2.68. The number of carboxylic acid groups (broad SMARTS) is 1. The predicted octanol–water partition coefficient (Wildman–Crippen LogP) is 2.75. The van der Waals surface area contributed by atoms with E-state index < -0.39 is 5.97 Å². The highest BCUT2D eigenvalue weighted by atomic mass is 16.4. The molecule has 2 N–H and O–H groups in total. The van der Waals surface area contributed by atoms with Crippen molar-refractivity contribution in [3.63, 3.8) is 0 Å². The summed E-state index contributed by atoms with van der Waals surface area (Å²) in [7, 11) is 0. The summed E-state index contributed by atoms with van der Waals surface area (Å²) in [6.45, 7) is 6.46. The van der Waals surface area contributed by atoms with Crippen molar-refractivity contribution < 1.29 is 9.90 Å². The van der Waals surface area contributed by atoms with Gasteiger partial charge >= 0.3 is 5.97 Å². The Morgan fingerprint density at radius 3 is 2.75 bits per heavy atom. The first-order valence-electron chi connectivity index (χ1n) is 5.21. The van der Waals surface area contributed by atoms with Crippen molar-refractivity contribution in [3.8, 4) is 0 Å². The summed E-state index contributed by atoms with van der Waals surface area (Å²) in [6.07, 6.45) is 1.22. The molecule has 1 aromatic rings. The SMILES string of the molecule is C/C(=C/C(=O)O)CNc1cccc(C)c1C. The lowest BCUT2D eigenvalue weighted by Crippen LogP contribution is -2.06. The van der Waals surface area contributed by atoms with Crippen LogP contribution in [0.1, 0.15) is 18.1 Å². The van der Waals surface area contributed by atoms with Crippen molar-refractivity contribution in [1.29, 1.82) is 0 Å². The number of benzene rings is 1. The first kappa shape index (κ1) is 12.3. The fourth-order valence-electron chi connectivity index (χ4n) is 1.44. The van der Waals surface area contributed by atoms with E-state index in [1.54, 1.807) is 6.92 Å². The zero-order chi connectivity index (χ0) is 12.1. The van der Waals surface area contributed by atoms with Gasteiger partial charge < -0.3 is 10.4 Å². The molecule has 16 heavy (non-hydrogen) atoms. The van der Waals surface area contributed by atoms with Gasteiger partial charge in [0, 0.05) is 18.3 Å². The molecule has 0 amide bonds. The maximum absolute atomic E-state index is 10.4. The van der Waals surface area contributed by atoms with Crippen molar-refractivity contribution in [3.05, 3.63) is 41.0 Å². The van der Waals surface area contributed by atoms with E-state index in [-0.39, 0.29) is 0 Å². The molecule has 1 aromatic carbocycles. The van der Waals surface area contributed by atoms with E-state index in [1.807, 2.05) is 19.1 Å². The Hall–Kier alpha value is -1.77. The van der Waals surface area contributed by atoms with E-state index in [0.29, 0.717) is 6.54 Å². The second-order valence-corrected chi connectivity index (χ2v) is 3.93. The lowest BCUT2D eigenvalue weighted by atomic mass is 10.1. The third-order valence-electron chi connectivity index (χ3n) is 2.53. The standard InChI is InChI=1S/C13H17NO2/c1-9(7-13(15)16)8-14-12-6-4-5-10(2)11(12)3/h4-7,14H,8H2,1-3H3,(H,15,16)/b9-7-. The largest absolute Gasteiger partial charge is 0.478 e. The number of hydrogen-bond donors (Lipinski definition) is 2. The molecule has 0 saturated carbocycles. The van der Waals surface area contributed by atoms with Crippen LogP contribution < -0.4 is 5.32 Å². The minimum Gasteiger partial charge on any atom is -0.478 e. The Morgan fingerprint density at radius 1 is 1.44 bits per heavy atom. The highest BCUT2D eigenvalue weighted by Gasteiger charge is 2.00. The monoisotopic (exact) mass is 219 g/mol. The second-order valence-electron chi connectivity index (χ2n) is 3.93. The first-order chi connectivity index (χ1) is 7.50. The van der Waals surface area contributed by atoms with E-state index in [9.17, 15) is 4.79 Å². The number of anilines is 1. The Labute approximate surface area is 95.8 Å². The Morgan fingerprint density at radius 2 is 2.12 bits per heavy atom. The van der Waals surface area contributed by atoms with Crippen LogP contribution in [0.4, 0.5) is 5.69 Å². The number of aryl methyl sites for hydroxylation is 1. The van der Waals surface area contributed by atoms with Crippen LogP contribution in [0.2, 0.25) is 0 Å². The van der Waals surface area contributed by atoms with E-state index >= 15 is 0 Å². The molecule has 0 unspecified atom stereocenters. The van der Waals surface area contributed by atoms with Gasteiger partial charge in [-0.15, -0.1) is 0 Å². The number of carboxylic acids is 1. The maximum atomic E-state index is 10.4. The van der Waals surface area contributed by atoms with Crippen LogP contribution in [-0.4, -0.2) is 17.6 Å². The molecule has 0 aliphatic heterocycles. The average molecular weight is 219 g/mol. The minimum atomic E-state index is -0.903. The van der Waals surface area contributed by atoms with Gasteiger partial charge in [0.25, 0.3) is 0 Å². The second kappa shape index (κ2) is 5.35. The van der Waals surface area contributed by atoms with Gasteiger partial charge in [0.15, 0.2) is 0 Å². The number of nitrogens with one attached hydrogen (secondary N) is 1. The van der Waals surface area contributed by atoms with Crippen LogP contribution in [0.25, 0.3) is 0 Å². The van der Waals surface area contributed by atoms with Crippen molar-refractivity contribution in [2.24, 2.45) is 0 Å². The average Bonchev–Trinajstić information content (AvgIpc) is 2.19. The molecule has 86 valence electrons. The molecular formula is C13H17NO2. The highest BCUT2D eigenvalue weighted by molar-refractivity contribution is 5.80. The molecule has 0 spiro atoms. The molecule has 0 fully saturated rings. The molecule has 1 rings (SSSR count). The summed E-state index contributed by atoms with van der Waals surface area (Å²) in [5.41, 5.74) is 4.28. The molecule has 3 nitrogen and oxygen atoms in total. The molecule has 0 radical (unpaired) electrons. The van der Waals surface area contributed by atoms with Crippen LogP contribution in [0.5, 0.6) is 0 Å². The zero-order valence-electron chi connectivity index (χ0n) is 9.87. The molecule has 0 atom stereocenters. The fourth-order valence-corrected chi connectivity index (χ4v) is 1.44. The number of rotatable bonds is 4. The van der Waals surface area contributed by atoms with Gasteiger partial charge in [0.2, 0.25) is 0 Å². The minimum absolute atomic E-state index is 0.552. The maximum Gasteiger partial charge on any atom is 0.328 e. The molecular weight excluding hydrogens is 202 g/mol. The third kappa shape index (κ3) is 3.42. The molecule has 0 aromatic heterocycles. The molecule has 0 heterocycles. The quantitative estimate of drug-likeness (QED) is 0.765. The Kier molecular flexibility index (Phi) is 4.11. The van der Waals surface area contributed by atoms with Gasteiger partial charge in [-0.3, -0.25) is 0 Å². The van der Waals surface area contributed by atoms with Crippen molar-refractivity contribution in [2.45, 2.75) is 20.8 Å². The van der Waals surface area contributed by atoms with Crippen LogP contribution >= 0.6 is 0 Å². The Bertz CT molecular complexity index is 422. The summed E-state index contributed by atoms with van der Waals surface area (Å²) in [4.78, 5) is 10.4. The summed E-state index contributed by atoms with van der Waals surface area (Å²) in [5, 5.41) is 11.8. The zero-order valence-corrected chi connectivity index (χ0v) is 9.87. The van der Waals surface area contributed by atoms with E-state index in [4.69, 9.17) is 5.11 Å². The van der Waals surface area contributed by atoms with Crippen LogP contribution in [-0.2, 0) is 4.79 Å². The van der Waals surface area contributed by atoms with Crippen molar-refractivity contribution >= 4 is 11.7 Å².